The first-order valence-electron chi connectivity index (χ1n) is 6.08. The molecule has 0 saturated carbocycles. The zero-order valence-electron chi connectivity index (χ0n) is 11.0. The summed E-state index contributed by atoms with van der Waals surface area (Å²) in [5.41, 5.74) is 1.85. The topological polar surface area (TPSA) is 56.5 Å². The van der Waals surface area contributed by atoms with Crippen molar-refractivity contribution in [3.05, 3.63) is 29.8 Å². The Balaban J connectivity index is 2.92. The number of aliphatic hydroxyl groups is 1. The first-order valence-corrected chi connectivity index (χ1v) is 6.08. The first kappa shape index (κ1) is 14.5. The fourth-order valence-corrected chi connectivity index (χ4v) is 1.87. The molecule has 0 radical (unpaired) electrons. The van der Waals surface area contributed by atoms with Crippen LogP contribution in [-0.2, 0) is 4.74 Å². The minimum absolute atomic E-state index is 0.456. The Morgan fingerprint density at radius 2 is 2.11 bits per heavy atom. The van der Waals surface area contributed by atoms with E-state index in [0.717, 1.165) is 11.3 Å². The van der Waals surface area contributed by atoms with Gasteiger partial charge in [0.25, 0.3) is 0 Å². The monoisotopic (exact) mass is 248 g/mol. The van der Waals surface area contributed by atoms with Gasteiger partial charge in [0.2, 0.25) is 0 Å². The van der Waals surface area contributed by atoms with E-state index < -0.39 is 6.10 Å². The summed E-state index contributed by atoms with van der Waals surface area (Å²) in [7, 11) is 1.66. The molecule has 1 atom stereocenters. The lowest BCUT2D eigenvalue weighted by molar-refractivity contribution is 0.197. The summed E-state index contributed by atoms with van der Waals surface area (Å²) in [5.74, 6) is 0. The molecule has 18 heavy (non-hydrogen) atoms. The van der Waals surface area contributed by atoms with E-state index in [9.17, 15) is 5.11 Å². The molecule has 1 aromatic carbocycles. The second-order valence-electron chi connectivity index (χ2n) is 4.12. The Bertz CT molecular complexity index is 399. The highest BCUT2D eigenvalue weighted by atomic mass is 16.5. The quantitative estimate of drug-likeness (QED) is 0.803. The number of nitriles is 1. The average Bonchev–Trinajstić information content (AvgIpc) is 2.39. The van der Waals surface area contributed by atoms with Crippen LogP contribution in [0.2, 0.25) is 0 Å². The van der Waals surface area contributed by atoms with Gasteiger partial charge in [-0.2, -0.15) is 5.26 Å². The van der Waals surface area contributed by atoms with Gasteiger partial charge in [0.1, 0.15) is 0 Å². The number of para-hydroxylation sites is 1. The smallest absolute Gasteiger partial charge is 0.0781 e. The van der Waals surface area contributed by atoms with Crippen LogP contribution in [0.1, 0.15) is 25.0 Å². The molecule has 4 heteroatoms. The van der Waals surface area contributed by atoms with E-state index in [1.807, 2.05) is 24.3 Å². The molecule has 1 aromatic rings. The van der Waals surface area contributed by atoms with E-state index in [0.29, 0.717) is 26.1 Å². The minimum Gasteiger partial charge on any atom is -0.389 e. The molecule has 4 nitrogen and oxygen atoms in total. The van der Waals surface area contributed by atoms with Crippen LogP contribution in [-0.4, -0.2) is 31.9 Å². The third kappa shape index (κ3) is 4.02. The second kappa shape index (κ2) is 7.70. The van der Waals surface area contributed by atoms with Gasteiger partial charge in [-0.1, -0.05) is 18.2 Å². The van der Waals surface area contributed by atoms with Gasteiger partial charge < -0.3 is 14.7 Å². The minimum atomic E-state index is -0.520. The lowest BCUT2D eigenvalue weighted by Crippen LogP contribution is -2.29. The summed E-state index contributed by atoms with van der Waals surface area (Å²) in [4.78, 5) is 2.08. The Morgan fingerprint density at radius 1 is 1.39 bits per heavy atom. The highest BCUT2D eigenvalue weighted by Gasteiger charge is 2.13. The van der Waals surface area contributed by atoms with Crippen molar-refractivity contribution in [2.45, 2.75) is 19.4 Å². The van der Waals surface area contributed by atoms with E-state index in [4.69, 9.17) is 10.00 Å². The molecule has 0 saturated heterocycles. The molecule has 0 heterocycles. The molecular formula is C14H20N2O2. The van der Waals surface area contributed by atoms with Crippen molar-refractivity contribution in [2.24, 2.45) is 0 Å². The highest BCUT2D eigenvalue weighted by Crippen LogP contribution is 2.26. The molecule has 1 N–H and O–H groups in total. The van der Waals surface area contributed by atoms with E-state index in [-0.39, 0.29) is 0 Å². The van der Waals surface area contributed by atoms with Crippen molar-refractivity contribution in [1.29, 1.82) is 5.26 Å². The Labute approximate surface area is 108 Å². The van der Waals surface area contributed by atoms with Crippen molar-refractivity contribution in [3.8, 4) is 6.07 Å². The summed E-state index contributed by atoms with van der Waals surface area (Å²) >= 11 is 0. The number of hydrogen-bond acceptors (Lipinski definition) is 4. The van der Waals surface area contributed by atoms with Crippen molar-refractivity contribution in [2.75, 3.05) is 31.7 Å². The van der Waals surface area contributed by atoms with Crippen molar-refractivity contribution >= 4 is 5.69 Å². The highest BCUT2D eigenvalue weighted by molar-refractivity contribution is 5.54. The van der Waals surface area contributed by atoms with Crippen molar-refractivity contribution < 1.29 is 9.84 Å². The fourth-order valence-electron chi connectivity index (χ4n) is 1.87. The van der Waals surface area contributed by atoms with E-state index in [1.165, 1.54) is 0 Å². The summed E-state index contributed by atoms with van der Waals surface area (Å²) < 4.78 is 5.09. The molecule has 0 aliphatic carbocycles. The molecule has 0 bridgehead atoms. The van der Waals surface area contributed by atoms with Gasteiger partial charge in [-0.25, -0.2) is 0 Å². The van der Waals surface area contributed by atoms with Crippen LogP contribution in [0.25, 0.3) is 0 Å². The van der Waals surface area contributed by atoms with Gasteiger partial charge in [-0.3, -0.25) is 0 Å². The summed E-state index contributed by atoms with van der Waals surface area (Å²) in [6, 6.07) is 9.87. The zero-order chi connectivity index (χ0) is 13.4. The van der Waals surface area contributed by atoms with Gasteiger partial charge in [-0.15, -0.1) is 0 Å². The number of aliphatic hydroxyl groups excluding tert-OH is 1. The third-order valence-corrected chi connectivity index (χ3v) is 2.79. The number of rotatable bonds is 7. The van der Waals surface area contributed by atoms with Crippen LogP contribution in [0.4, 0.5) is 5.69 Å². The Hall–Kier alpha value is -1.57. The number of nitrogens with zero attached hydrogens (tertiary/aromatic N) is 2. The van der Waals surface area contributed by atoms with E-state index in [1.54, 1.807) is 14.0 Å². The van der Waals surface area contributed by atoms with Crippen LogP contribution < -0.4 is 4.90 Å². The standard InChI is InChI=1S/C14H20N2O2/c1-12(17)13-6-3-4-7-14(13)16(9-5-8-15)10-11-18-2/h3-4,6-7,12,17H,5,9-11H2,1-2H3/t12-/m1/s1. The first-order chi connectivity index (χ1) is 8.70. The SMILES string of the molecule is COCCN(CCC#N)c1ccccc1[C@@H](C)O. The number of methoxy groups -OCH3 is 1. The molecule has 0 amide bonds. The van der Waals surface area contributed by atoms with Crippen molar-refractivity contribution in [1.82, 2.24) is 0 Å². The normalized spacial score (nSPS) is 11.9. The number of hydrogen-bond donors (Lipinski definition) is 1. The summed E-state index contributed by atoms with van der Waals surface area (Å²) in [6.07, 6.45) is -0.0639. The lowest BCUT2D eigenvalue weighted by atomic mass is 10.1. The maximum atomic E-state index is 9.78. The number of benzene rings is 1. The van der Waals surface area contributed by atoms with Crippen molar-refractivity contribution in [3.63, 3.8) is 0 Å². The van der Waals surface area contributed by atoms with Crippen LogP contribution in [0.3, 0.4) is 0 Å². The zero-order valence-corrected chi connectivity index (χ0v) is 11.0. The van der Waals surface area contributed by atoms with Crippen LogP contribution in [0, 0.1) is 11.3 Å². The summed E-state index contributed by atoms with van der Waals surface area (Å²) in [5, 5.41) is 18.5. The maximum absolute atomic E-state index is 9.78. The van der Waals surface area contributed by atoms with E-state index in [2.05, 4.69) is 11.0 Å². The molecular weight excluding hydrogens is 228 g/mol. The van der Waals surface area contributed by atoms with Crippen LogP contribution in [0.15, 0.2) is 24.3 Å². The molecule has 0 unspecified atom stereocenters. The third-order valence-electron chi connectivity index (χ3n) is 2.79. The molecule has 0 spiro atoms. The second-order valence-corrected chi connectivity index (χ2v) is 4.12. The molecule has 1 rings (SSSR count). The maximum Gasteiger partial charge on any atom is 0.0781 e. The molecule has 0 aliphatic heterocycles. The summed E-state index contributed by atoms with van der Waals surface area (Å²) in [6.45, 7) is 3.70. The Morgan fingerprint density at radius 3 is 2.72 bits per heavy atom. The Kier molecular flexibility index (Phi) is 6.20. The van der Waals surface area contributed by atoms with Gasteiger partial charge >= 0.3 is 0 Å². The van der Waals surface area contributed by atoms with Crippen LogP contribution in [0.5, 0.6) is 0 Å². The lowest BCUT2D eigenvalue weighted by Gasteiger charge is -2.26. The molecule has 98 valence electrons. The van der Waals surface area contributed by atoms with Gasteiger partial charge in [-0.05, 0) is 13.0 Å². The average molecular weight is 248 g/mol. The number of anilines is 1. The predicted octanol–water partition coefficient (Wildman–Crippen LogP) is 2.11. The fraction of sp³-hybridized carbons (Fsp3) is 0.500. The number of ether oxygens (including phenoxy) is 1. The molecule has 0 aliphatic rings. The molecule has 0 fully saturated rings. The largest absolute Gasteiger partial charge is 0.389 e. The van der Waals surface area contributed by atoms with Crippen LogP contribution >= 0.6 is 0 Å². The van der Waals surface area contributed by atoms with Gasteiger partial charge in [0.05, 0.1) is 25.2 Å². The van der Waals surface area contributed by atoms with E-state index >= 15 is 0 Å². The van der Waals surface area contributed by atoms with Gasteiger partial charge in [0, 0.05) is 31.5 Å². The predicted molar refractivity (Wildman–Crippen MR) is 71.4 cm³/mol. The molecule has 0 aromatic heterocycles. The van der Waals surface area contributed by atoms with Gasteiger partial charge in [0.15, 0.2) is 0 Å².